The molecule has 94 valence electrons. The zero-order valence-electron chi connectivity index (χ0n) is 10.3. The lowest BCUT2D eigenvalue weighted by molar-refractivity contribution is -0.145. The lowest BCUT2D eigenvalue weighted by atomic mass is 10.0. The molecule has 1 rings (SSSR count). The average Bonchev–Trinajstić information content (AvgIpc) is 2.29. The van der Waals surface area contributed by atoms with E-state index in [0.29, 0.717) is 0 Å². The van der Waals surface area contributed by atoms with Crippen LogP contribution in [0.25, 0.3) is 0 Å². The van der Waals surface area contributed by atoms with Crippen molar-refractivity contribution in [2.75, 3.05) is 20.2 Å². The molecule has 1 fully saturated rings. The quantitative estimate of drug-likeness (QED) is 0.753. The predicted octanol–water partition coefficient (Wildman–Crippen LogP) is 1.74. The van der Waals surface area contributed by atoms with E-state index in [0.717, 1.165) is 45.2 Å². The fourth-order valence-corrected chi connectivity index (χ4v) is 2.30. The van der Waals surface area contributed by atoms with E-state index in [1.807, 2.05) is 0 Å². The molecule has 1 N–H and O–H groups in total. The van der Waals surface area contributed by atoms with Crippen molar-refractivity contribution < 1.29 is 14.6 Å². The maximum absolute atomic E-state index is 11.2. The zero-order chi connectivity index (χ0) is 12.0. The number of likely N-dealkylation sites (tertiary alicyclic amines) is 1. The number of carboxylic acid groups (broad SMARTS) is 1. The Kier molecular flexibility index (Phi) is 5.77. The van der Waals surface area contributed by atoms with Crippen LogP contribution in [0.4, 0.5) is 0 Å². The molecule has 0 aromatic carbocycles. The smallest absolute Gasteiger partial charge is 0.320 e. The van der Waals surface area contributed by atoms with Gasteiger partial charge in [-0.1, -0.05) is 19.8 Å². The molecule has 0 radical (unpaired) electrons. The Morgan fingerprint density at radius 1 is 1.62 bits per heavy atom. The normalized spacial score (nSPS) is 24.2. The first-order valence-electron chi connectivity index (χ1n) is 6.18. The molecule has 1 aliphatic heterocycles. The highest BCUT2D eigenvalue weighted by atomic mass is 16.5. The lowest BCUT2D eigenvalue weighted by Crippen LogP contribution is -2.48. The summed E-state index contributed by atoms with van der Waals surface area (Å²) in [7, 11) is 1.70. The van der Waals surface area contributed by atoms with E-state index in [1.165, 1.54) is 0 Å². The van der Waals surface area contributed by atoms with Gasteiger partial charge in [-0.2, -0.15) is 0 Å². The Hall–Kier alpha value is -0.610. The standard InChI is InChI=1S/C12H23NO3/c1-3-4-7-11(12(14)15)13-8-5-6-10(9-13)16-2/h10-11H,3-9H2,1-2H3,(H,14,15). The van der Waals surface area contributed by atoms with Gasteiger partial charge in [0.25, 0.3) is 0 Å². The van der Waals surface area contributed by atoms with Crippen molar-refractivity contribution >= 4 is 5.97 Å². The summed E-state index contributed by atoms with van der Waals surface area (Å²) >= 11 is 0. The van der Waals surface area contributed by atoms with E-state index in [4.69, 9.17) is 4.74 Å². The SMILES string of the molecule is CCCCC(C(=O)O)N1CCCC(OC)C1. The summed E-state index contributed by atoms with van der Waals surface area (Å²) in [6.07, 6.45) is 5.07. The minimum Gasteiger partial charge on any atom is -0.480 e. The van der Waals surface area contributed by atoms with Crippen LogP contribution < -0.4 is 0 Å². The first kappa shape index (κ1) is 13.5. The second-order valence-corrected chi connectivity index (χ2v) is 4.49. The number of aliphatic carboxylic acids is 1. The van der Waals surface area contributed by atoms with Crippen molar-refractivity contribution in [3.05, 3.63) is 0 Å². The van der Waals surface area contributed by atoms with Gasteiger partial charge in [0.15, 0.2) is 0 Å². The first-order chi connectivity index (χ1) is 7.69. The van der Waals surface area contributed by atoms with Crippen LogP contribution in [-0.4, -0.2) is 48.3 Å². The molecule has 1 saturated heterocycles. The zero-order valence-corrected chi connectivity index (χ0v) is 10.3. The van der Waals surface area contributed by atoms with Crippen LogP contribution in [0.2, 0.25) is 0 Å². The first-order valence-corrected chi connectivity index (χ1v) is 6.18. The van der Waals surface area contributed by atoms with Crippen molar-refractivity contribution in [1.82, 2.24) is 4.90 Å². The van der Waals surface area contributed by atoms with E-state index in [9.17, 15) is 9.90 Å². The lowest BCUT2D eigenvalue weighted by Gasteiger charge is -2.35. The summed E-state index contributed by atoms with van der Waals surface area (Å²) in [6, 6.07) is -0.321. The van der Waals surface area contributed by atoms with Crippen LogP contribution in [0.1, 0.15) is 39.0 Å². The molecule has 0 aromatic rings. The molecule has 0 amide bonds. The van der Waals surface area contributed by atoms with Crippen LogP contribution >= 0.6 is 0 Å². The molecule has 4 nitrogen and oxygen atoms in total. The summed E-state index contributed by atoms with van der Waals surface area (Å²) in [5.41, 5.74) is 0. The van der Waals surface area contributed by atoms with Gasteiger partial charge in [-0.15, -0.1) is 0 Å². The number of carbonyl (C=O) groups is 1. The van der Waals surface area contributed by atoms with E-state index in [2.05, 4.69) is 11.8 Å². The van der Waals surface area contributed by atoms with Gasteiger partial charge in [-0.3, -0.25) is 9.69 Å². The van der Waals surface area contributed by atoms with Crippen molar-refractivity contribution in [3.63, 3.8) is 0 Å². The second kappa shape index (κ2) is 6.86. The number of rotatable bonds is 6. The van der Waals surface area contributed by atoms with Gasteiger partial charge in [-0.25, -0.2) is 0 Å². The fourth-order valence-electron chi connectivity index (χ4n) is 2.30. The molecule has 0 saturated carbocycles. The van der Waals surface area contributed by atoms with Crippen molar-refractivity contribution in [3.8, 4) is 0 Å². The van der Waals surface area contributed by atoms with Gasteiger partial charge in [0.2, 0.25) is 0 Å². The number of unbranched alkanes of at least 4 members (excludes halogenated alkanes) is 1. The second-order valence-electron chi connectivity index (χ2n) is 4.49. The third kappa shape index (κ3) is 3.76. The summed E-state index contributed by atoms with van der Waals surface area (Å²) in [6.45, 7) is 3.74. The summed E-state index contributed by atoms with van der Waals surface area (Å²) in [4.78, 5) is 13.3. The van der Waals surface area contributed by atoms with E-state index in [1.54, 1.807) is 7.11 Å². The predicted molar refractivity (Wildman–Crippen MR) is 62.6 cm³/mol. The maximum atomic E-state index is 11.2. The van der Waals surface area contributed by atoms with E-state index < -0.39 is 5.97 Å². The van der Waals surface area contributed by atoms with Gasteiger partial charge in [0.05, 0.1) is 6.10 Å². The molecule has 16 heavy (non-hydrogen) atoms. The summed E-state index contributed by atoms with van der Waals surface area (Å²) in [5, 5.41) is 9.23. The molecule has 0 bridgehead atoms. The van der Waals surface area contributed by atoms with Gasteiger partial charge in [-0.05, 0) is 25.8 Å². The van der Waals surface area contributed by atoms with E-state index in [-0.39, 0.29) is 12.1 Å². The van der Waals surface area contributed by atoms with Crippen molar-refractivity contribution in [1.29, 1.82) is 0 Å². The largest absolute Gasteiger partial charge is 0.480 e. The third-order valence-corrected chi connectivity index (χ3v) is 3.30. The topological polar surface area (TPSA) is 49.8 Å². The number of hydrogen-bond donors (Lipinski definition) is 1. The molecular formula is C12H23NO3. The number of nitrogens with zero attached hydrogens (tertiary/aromatic N) is 1. The summed E-state index contributed by atoms with van der Waals surface area (Å²) in [5.74, 6) is -0.690. The number of piperidine rings is 1. The molecule has 1 aliphatic rings. The monoisotopic (exact) mass is 229 g/mol. The number of carboxylic acids is 1. The highest BCUT2D eigenvalue weighted by Gasteiger charge is 2.29. The minimum absolute atomic E-state index is 0.206. The van der Waals surface area contributed by atoms with Gasteiger partial charge in [0.1, 0.15) is 6.04 Å². The Balaban J connectivity index is 2.52. The Morgan fingerprint density at radius 2 is 2.38 bits per heavy atom. The van der Waals surface area contributed by atoms with Crippen LogP contribution in [-0.2, 0) is 9.53 Å². The molecule has 1 heterocycles. The van der Waals surface area contributed by atoms with Crippen LogP contribution in [0, 0.1) is 0 Å². The van der Waals surface area contributed by atoms with Crippen LogP contribution in [0.15, 0.2) is 0 Å². The van der Waals surface area contributed by atoms with Crippen molar-refractivity contribution in [2.24, 2.45) is 0 Å². The Labute approximate surface area is 97.6 Å². The van der Waals surface area contributed by atoms with Crippen LogP contribution in [0.5, 0.6) is 0 Å². The number of hydrogen-bond acceptors (Lipinski definition) is 3. The van der Waals surface area contributed by atoms with Gasteiger partial charge in [0, 0.05) is 13.7 Å². The number of ether oxygens (including phenoxy) is 1. The molecule has 2 unspecified atom stereocenters. The minimum atomic E-state index is -0.690. The van der Waals surface area contributed by atoms with E-state index >= 15 is 0 Å². The molecule has 0 aliphatic carbocycles. The number of methoxy groups -OCH3 is 1. The van der Waals surface area contributed by atoms with Gasteiger partial charge < -0.3 is 9.84 Å². The Bertz CT molecular complexity index is 220. The van der Waals surface area contributed by atoms with Crippen molar-refractivity contribution in [2.45, 2.75) is 51.2 Å². The fraction of sp³-hybridized carbons (Fsp3) is 0.917. The third-order valence-electron chi connectivity index (χ3n) is 3.30. The highest BCUT2D eigenvalue weighted by molar-refractivity contribution is 5.73. The highest BCUT2D eigenvalue weighted by Crippen LogP contribution is 2.18. The van der Waals surface area contributed by atoms with Gasteiger partial charge >= 0.3 is 5.97 Å². The summed E-state index contributed by atoms with van der Waals surface area (Å²) < 4.78 is 5.32. The van der Waals surface area contributed by atoms with Crippen LogP contribution in [0.3, 0.4) is 0 Å². The maximum Gasteiger partial charge on any atom is 0.320 e. The molecule has 0 spiro atoms. The molecule has 2 atom stereocenters. The molecular weight excluding hydrogens is 206 g/mol. The molecule has 0 aromatic heterocycles. The molecule has 4 heteroatoms. The Morgan fingerprint density at radius 3 is 2.94 bits per heavy atom. The average molecular weight is 229 g/mol.